The Kier molecular flexibility index (Phi) is 4.02. The number of carbonyl (C=O) groups is 1. The summed E-state index contributed by atoms with van der Waals surface area (Å²) >= 11 is 0. The van der Waals surface area contributed by atoms with Crippen molar-refractivity contribution in [1.29, 1.82) is 0 Å². The molecule has 1 aliphatic rings. The number of anilines is 1. The summed E-state index contributed by atoms with van der Waals surface area (Å²) in [6.45, 7) is 3.38. The van der Waals surface area contributed by atoms with E-state index >= 15 is 0 Å². The first-order valence-electron chi connectivity index (χ1n) is 7.41. The molecule has 3 heteroatoms. The zero-order chi connectivity index (χ0) is 14.7. The van der Waals surface area contributed by atoms with Gasteiger partial charge in [-0.2, -0.15) is 0 Å². The molecule has 1 heterocycles. The Hall–Kier alpha value is -2.13. The van der Waals surface area contributed by atoms with Gasteiger partial charge in [0.1, 0.15) is 0 Å². The Labute approximate surface area is 125 Å². The lowest BCUT2D eigenvalue weighted by Gasteiger charge is -2.31. The van der Waals surface area contributed by atoms with Crippen LogP contribution in [0.25, 0.3) is 0 Å². The van der Waals surface area contributed by atoms with Crippen LogP contribution >= 0.6 is 0 Å². The lowest BCUT2D eigenvalue weighted by molar-refractivity contribution is -0.117. The Balaban J connectivity index is 2.06. The molecule has 0 spiro atoms. The van der Waals surface area contributed by atoms with Gasteiger partial charge in [0.15, 0.2) is 0 Å². The van der Waals surface area contributed by atoms with E-state index in [1.165, 1.54) is 11.1 Å². The summed E-state index contributed by atoms with van der Waals surface area (Å²) in [5.74, 6) is 0.0738. The smallest absolute Gasteiger partial charge is 0.224 e. The summed E-state index contributed by atoms with van der Waals surface area (Å²) in [6, 6.07) is 18.4. The third-order valence-electron chi connectivity index (χ3n) is 4.01. The SMILES string of the molecule is CC(=O)N(c1ccccc1)C1CNCCc2ccccc21. The maximum absolute atomic E-state index is 12.3. The average Bonchev–Trinajstić information content (AvgIpc) is 2.71. The fourth-order valence-corrected chi connectivity index (χ4v) is 3.06. The van der Waals surface area contributed by atoms with Crippen molar-refractivity contribution in [2.24, 2.45) is 0 Å². The molecule has 0 fully saturated rings. The summed E-state index contributed by atoms with van der Waals surface area (Å²) in [6.07, 6.45) is 1.01. The number of benzene rings is 2. The van der Waals surface area contributed by atoms with Gasteiger partial charge in [-0.05, 0) is 36.2 Å². The van der Waals surface area contributed by atoms with E-state index in [1.54, 1.807) is 6.92 Å². The third kappa shape index (κ3) is 2.83. The predicted molar refractivity (Wildman–Crippen MR) is 85.4 cm³/mol. The fourth-order valence-electron chi connectivity index (χ4n) is 3.06. The van der Waals surface area contributed by atoms with Gasteiger partial charge in [-0.1, -0.05) is 42.5 Å². The summed E-state index contributed by atoms with van der Waals surface area (Å²) in [4.78, 5) is 14.2. The van der Waals surface area contributed by atoms with Crippen molar-refractivity contribution < 1.29 is 4.79 Å². The minimum Gasteiger partial charge on any atom is -0.314 e. The number of fused-ring (bicyclic) bond motifs is 1. The van der Waals surface area contributed by atoms with E-state index in [4.69, 9.17) is 0 Å². The van der Waals surface area contributed by atoms with Crippen LogP contribution in [0.15, 0.2) is 54.6 Å². The molecule has 0 radical (unpaired) electrons. The van der Waals surface area contributed by atoms with Gasteiger partial charge in [0, 0.05) is 19.2 Å². The van der Waals surface area contributed by atoms with Crippen molar-refractivity contribution in [2.45, 2.75) is 19.4 Å². The van der Waals surface area contributed by atoms with Crippen molar-refractivity contribution in [3.63, 3.8) is 0 Å². The predicted octanol–water partition coefficient (Wildman–Crippen LogP) is 2.93. The van der Waals surface area contributed by atoms with Crippen LogP contribution in [0, 0.1) is 0 Å². The normalized spacial score (nSPS) is 17.7. The molecule has 108 valence electrons. The summed E-state index contributed by atoms with van der Waals surface area (Å²) in [5, 5.41) is 3.46. The van der Waals surface area contributed by atoms with E-state index < -0.39 is 0 Å². The number of hydrogen-bond acceptors (Lipinski definition) is 2. The first-order valence-corrected chi connectivity index (χ1v) is 7.41. The molecular formula is C18H20N2O. The van der Waals surface area contributed by atoms with Gasteiger partial charge >= 0.3 is 0 Å². The molecule has 0 aliphatic carbocycles. The lowest BCUT2D eigenvalue weighted by Crippen LogP contribution is -2.38. The highest BCUT2D eigenvalue weighted by Gasteiger charge is 2.27. The number of para-hydroxylation sites is 1. The van der Waals surface area contributed by atoms with E-state index in [-0.39, 0.29) is 11.9 Å². The molecule has 21 heavy (non-hydrogen) atoms. The standard InChI is InChI=1S/C18H20N2O/c1-14(21)20(16-8-3-2-4-9-16)18-13-19-12-11-15-7-5-6-10-17(15)18/h2-10,18-19H,11-13H2,1H3. The zero-order valence-corrected chi connectivity index (χ0v) is 12.3. The minimum absolute atomic E-state index is 0.0450. The molecule has 1 aliphatic heterocycles. The van der Waals surface area contributed by atoms with Gasteiger partial charge in [-0.15, -0.1) is 0 Å². The van der Waals surface area contributed by atoms with E-state index in [9.17, 15) is 4.79 Å². The molecule has 0 saturated carbocycles. The van der Waals surface area contributed by atoms with Crippen LogP contribution in [0.4, 0.5) is 5.69 Å². The Morgan fingerprint density at radius 3 is 2.57 bits per heavy atom. The third-order valence-corrected chi connectivity index (χ3v) is 4.01. The van der Waals surface area contributed by atoms with Crippen LogP contribution in [0.2, 0.25) is 0 Å². The molecule has 0 bridgehead atoms. The van der Waals surface area contributed by atoms with Crippen LogP contribution in [-0.4, -0.2) is 19.0 Å². The maximum Gasteiger partial charge on any atom is 0.224 e. The van der Waals surface area contributed by atoms with E-state index in [2.05, 4.69) is 29.6 Å². The highest BCUT2D eigenvalue weighted by atomic mass is 16.2. The average molecular weight is 280 g/mol. The van der Waals surface area contributed by atoms with Crippen molar-refractivity contribution in [3.05, 3.63) is 65.7 Å². The molecular weight excluding hydrogens is 260 g/mol. The molecule has 1 N–H and O–H groups in total. The Morgan fingerprint density at radius 2 is 1.81 bits per heavy atom. The first kappa shape index (κ1) is 13.8. The van der Waals surface area contributed by atoms with Crippen molar-refractivity contribution >= 4 is 11.6 Å². The van der Waals surface area contributed by atoms with Gasteiger partial charge in [-0.25, -0.2) is 0 Å². The fraction of sp³-hybridized carbons (Fsp3) is 0.278. The van der Waals surface area contributed by atoms with Crippen molar-refractivity contribution in [3.8, 4) is 0 Å². The van der Waals surface area contributed by atoms with Crippen LogP contribution in [-0.2, 0) is 11.2 Å². The monoisotopic (exact) mass is 280 g/mol. The number of hydrogen-bond donors (Lipinski definition) is 1. The summed E-state index contributed by atoms with van der Waals surface area (Å²) in [5.41, 5.74) is 3.53. The summed E-state index contributed by atoms with van der Waals surface area (Å²) in [7, 11) is 0. The molecule has 1 amide bonds. The molecule has 0 aromatic heterocycles. The van der Waals surface area contributed by atoms with Crippen LogP contribution in [0.5, 0.6) is 0 Å². The molecule has 2 aromatic rings. The number of nitrogens with one attached hydrogen (secondary N) is 1. The van der Waals surface area contributed by atoms with Gasteiger partial charge in [0.2, 0.25) is 5.91 Å². The molecule has 1 atom stereocenters. The van der Waals surface area contributed by atoms with Crippen molar-refractivity contribution in [2.75, 3.05) is 18.0 Å². The zero-order valence-electron chi connectivity index (χ0n) is 12.3. The van der Waals surface area contributed by atoms with E-state index in [1.807, 2.05) is 35.2 Å². The quantitative estimate of drug-likeness (QED) is 0.917. The molecule has 0 saturated heterocycles. The van der Waals surface area contributed by atoms with Crippen LogP contribution < -0.4 is 10.2 Å². The molecule has 1 unspecified atom stereocenters. The van der Waals surface area contributed by atoms with Crippen LogP contribution in [0.1, 0.15) is 24.1 Å². The second-order valence-electron chi connectivity index (χ2n) is 5.39. The van der Waals surface area contributed by atoms with Crippen molar-refractivity contribution in [1.82, 2.24) is 5.32 Å². The maximum atomic E-state index is 12.3. The molecule has 3 nitrogen and oxygen atoms in total. The highest BCUT2D eigenvalue weighted by molar-refractivity contribution is 5.92. The van der Waals surface area contributed by atoms with Gasteiger partial charge in [0.05, 0.1) is 6.04 Å². The first-order chi connectivity index (χ1) is 10.3. The minimum atomic E-state index is 0.0450. The number of rotatable bonds is 2. The second kappa shape index (κ2) is 6.10. The largest absolute Gasteiger partial charge is 0.314 e. The van der Waals surface area contributed by atoms with E-state index in [0.29, 0.717) is 0 Å². The highest BCUT2D eigenvalue weighted by Crippen LogP contribution is 2.30. The second-order valence-corrected chi connectivity index (χ2v) is 5.39. The topological polar surface area (TPSA) is 32.3 Å². The van der Waals surface area contributed by atoms with Gasteiger partial charge < -0.3 is 10.2 Å². The Bertz CT molecular complexity index is 624. The van der Waals surface area contributed by atoms with Gasteiger partial charge in [0.25, 0.3) is 0 Å². The summed E-state index contributed by atoms with van der Waals surface area (Å²) < 4.78 is 0. The Morgan fingerprint density at radius 1 is 1.10 bits per heavy atom. The van der Waals surface area contributed by atoms with Crippen LogP contribution in [0.3, 0.4) is 0 Å². The molecule has 3 rings (SSSR count). The van der Waals surface area contributed by atoms with Gasteiger partial charge in [-0.3, -0.25) is 4.79 Å². The molecule has 2 aromatic carbocycles. The number of nitrogens with zero attached hydrogens (tertiary/aromatic N) is 1. The number of amides is 1. The number of carbonyl (C=O) groups excluding carboxylic acids is 1. The lowest BCUT2D eigenvalue weighted by atomic mass is 9.98. The van der Waals surface area contributed by atoms with E-state index in [0.717, 1.165) is 25.2 Å².